The lowest BCUT2D eigenvalue weighted by molar-refractivity contribution is -0.116. The average Bonchev–Trinajstić information content (AvgIpc) is 2.16. The van der Waals surface area contributed by atoms with Crippen molar-refractivity contribution in [2.45, 2.75) is 24.7 Å². The summed E-state index contributed by atoms with van der Waals surface area (Å²) in [7, 11) is 0. The van der Waals surface area contributed by atoms with Crippen LogP contribution in [0.4, 0.5) is 5.69 Å². The Morgan fingerprint density at radius 2 is 2.21 bits per heavy atom. The number of thioether (sulfide) groups is 1. The van der Waals surface area contributed by atoms with E-state index in [0.29, 0.717) is 6.42 Å². The van der Waals surface area contributed by atoms with Crippen LogP contribution in [0.2, 0.25) is 0 Å². The number of benzene rings is 1. The van der Waals surface area contributed by atoms with Crippen LogP contribution in [0, 0.1) is 0 Å². The van der Waals surface area contributed by atoms with Gasteiger partial charge in [0.1, 0.15) is 5.78 Å². The zero-order valence-electron chi connectivity index (χ0n) is 8.54. The van der Waals surface area contributed by atoms with Gasteiger partial charge in [-0.05, 0) is 37.3 Å². The first-order valence-corrected chi connectivity index (χ1v) is 5.78. The van der Waals surface area contributed by atoms with Crippen molar-refractivity contribution >= 4 is 23.2 Å². The van der Waals surface area contributed by atoms with Crippen molar-refractivity contribution in [1.82, 2.24) is 0 Å². The number of anilines is 1. The minimum absolute atomic E-state index is 0.229. The Kier molecular flexibility index (Phi) is 4.01. The van der Waals surface area contributed by atoms with Crippen LogP contribution in [0.5, 0.6) is 0 Å². The fourth-order valence-corrected chi connectivity index (χ4v) is 1.80. The number of carbonyl (C=O) groups excluding carboxylic acids is 1. The quantitative estimate of drug-likeness (QED) is 0.612. The molecular formula is C11H15NOS. The Bertz CT molecular complexity index is 336. The second-order valence-electron chi connectivity index (χ2n) is 3.28. The van der Waals surface area contributed by atoms with E-state index in [2.05, 4.69) is 6.07 Å². The van der Waals surface area contributed by atoms with Gasteiger partial charge in [-0.25, -0.2) is 0 Å². The monoisotopic (exact) mass is 209 g/mol. The molecule has 14 heavy (non-hydrogen) atoms. The number of hydrogen-bond acceptors (Lipinski definition) is 3. The summed E-state index contributed by atoms with van der Waals surface area (Å²) in [5.41, 5.74) is 7.76. The molecule has 0 aromatic heterocycles. The van der Waals surface area contributed by atoms with Crippen LogP contribution in [-0.2, 0) is 11.2 Å². The van der Waals surface area contributed by atoms with Gasteiger partial charge in [-0.15, -0.1) is 11.8 Å². The summed E-state index contributed by atoms with van der Waals surface area (Å²) >= 11 is 1.63. The highest BCUT2D eigenvalue weighted by atomic mass is 32.2. The normalized spacial score (nSPS) is 10.1. The molecule has 0 spiro atoms. The lowest BCUT2D eigenvalue weighted by atomic mass is 10.1. The van der Waals surface area contributed by atoms with E-state index in [9.17, 15) is 4.79 Å². The molecular weight excluding hydrogens is 194 g/mol. The third-order valence-corrected chi connectivity index (χ3v) is 2.86. The number of ketones is 1. The number of nitrogen functional groups attached to an aromatic ring is 1. The lowest BCUT2D eigenvalue weighted by Gasteiger charge is -2.05. The summed E-state index contributed by atoms with van der Waals surface area (Å²) < 4.78 is 0. The molecule has 0 aliphatic carbocycles. The molecule has 1 aromatic rings. The van der Waals surface area contributed by atoms with Crippen LogP contribution in [0.1, 0.15) is 18.9 Å². The molecule has 0 fully saturated rings. The average molecular weight is 209 g/mol. The first-order valence-electron chi connectivity index (χ1n) is 4.55. The lowest BCUT2D eigenvalue weighted by Crippen LogP contribution is -1.95. The Morgan fingerprint density at radius 3 is 2.79 bits per heavy atom. The Morgan fingerprint density at radius 1 is 1.50 bits per heavy atom. The molecule has 0 amide bonds. The minimum atomic E-state index is 0.229. The highest BCUT2D eigenvalue weighted by molar-refractivity contribution is 7.98. The van der Waals surface area contributed by atoms with E-state index in [-0.39, 0.29) is 5.78 Å². The molecule has 3 heteroatoms. The SMILES string of the molecule is CSc1cc(CCC(C)=O)ccc1N. The molecule has 0 aliphatic rings. The third-order valence-electron chi connectivity index (χ3n) is 2.06. The highest BCUT2D eigenvalue weighted by Crippen LogP contribution is 2.24. The van der Waals surface area contributed by atoms with E-state index >= 15 is 0 Å². The molecule has 2 nitrogen and oxygen atoms in total. The summed E-state index contributed by atoms with van der Waals surface area (Å²) in [6.45, 7) is 1.62. The van der Waals surface area contributed by atoms with Crippen molar-refractivity contribution in [3.05, 3.63) is 23.8 Å². The van der Waals surface area contributed by atoms with Gasteiger partial charge in [0.25, 0.3) is 0 Å². The fourth-order valence-electron chi connectivity index (χ4n) is 1.23. The molecule has 0 bridgehead atoms. The van der Waals surface area contributed by atoms with E-state index < -0.39 is 0 Å². The molecule has 1 aromatic carbocycles. The second kappa shape index (κ2) is 5.05. The summed E-state index contributed by atoms with van der Waals surface area (Å²) in [5, 5.41) is 0. The number of carbonyl (C=O) groups is 1. The van der Waals surface area contributed by atoms with Crippen LogP contribution in [0.3, 0.4) is 0 Å². The maximum Gasteiger partial charge on any atom is 0.130 e. The smallest absolute Gasteiger partial charge is 0.130 e. The zero-order valence-corrected chi connectivity index (χ0v) is 9.36. The first-order chi connectivity index (χ1) is 6.63. The largest absolute Gasteiger partial charge is 0.398 e. The molecule has 0 atom stereocenters. The third kappa shape index (κ3) is 3.07. The molecule has 76 valence electrons. The predicted molar refractivity (Wildman–Crippen MR) is 61.6 cm³/mol. The van der Waals surface area contributed by atoms with Gasteiger partial charge in [-0.1, -0.05) is 6.07 Å². The van der Waals surface area contributed by atoms with E-state index in [1.165, 1.54) is 5.56 Å². The number of aryl methyl sites for hydroxylation is 1. The predicted octanol–water partition coefficient (Wildman–Crippen LogP) is 2.51. The maximum atomic E-state index is 10.8. The van der Waals surface area contributed by atoms with Crippen LogP contribution in [-0.4, -0.2) is 12.0 Å². The molecule has 0 heterocycles. The number of hydrogen-bond donors (Lipinski definition) is 1. The van der Waals surface area contributed by atoms with E-state index in [4.69, 9.17) is 5.73 Å². The molecule has 2 N–H and O–H groups in total. The highest BCUT2D eigenvalue weighted by Gasteiger charge is 2.01. The van der Waals surface area contributed by atoms with Gasteiger partial charge < -0.3 is 10.5 Å². The molecule has 1 rings (SSSR count). The van der Waals surface area contributed by atoms with Crippen molar-refractivity contribution in [1.29, 1.82) is 0 Å². The summed E-state index contributed by atoms with van der Waals surface area (Å²) in [5.74, 6) is 0.229. The maximum absolute atomic E-state index is 10.8. The standard InChI is InChI=1S/C11H15NOS/c1-8(13)3-4-9-5-6-10(12)11(7-9)14-2/h5-7H,3-4,12H2,1-2H3. The number of nitrogens with two attached hydrogens (primary N) is 1. The first kappa shape index (κ1) is 11.1. The van der Waals surface area contributed by atoms with E-state index in [1.54, 1.807) is 18.7 Å². The van der Waals surface area contributed by atoms with E-state index in [1.807, 2.05) is 18.4 Å². The summed E-state index contributed by atoms with van der Waals surface area (Å²) in [6.07, 6.45) is 3.42. The molecule has 0 unspecified atom stereocenters. The fraction of sp³-hybridized carbons (Fsp3) is 0.364. The van der Waals surface area contributed by atoms with E-state index in [0.717, 1.165) is 17.0 Å². The summed E-state index contributed by atoms with van der Waals surface area (Å²) in [6, 6.07) is 5.95. The number of Topliss-reactive ketones (excluding diaryl/α,β-unsaturated/α-hetero) is 1. The molecule has 0 aliphatic heterocycles. The van der Waals surface area contributed by atoms with Crippen molar-refractivity contribution in [2.24, 2.45) is 0 Å². The van der Waals surface area contributed by atoms with Crippen LogP contribution in [0.15, 0.2) is 23.1 Å². The Balaban J connectivity index is 2.74. The molecule has 0 saturated carbocycles. The van der Waals surface area contributed by atoms with Gasteiger partial charge in [-0.2, -0.15) is 0 Å². The molecule has 0 radical (unpaired) electrons. The second-order valence-corrected chi connectivity index (χ2v) is 4.13. The number of rotatable bonds is 4. The van der Waals surface area contributed by atoms with Crippen molar-refractivity contribution in [3.8, 4) is 0 Å². The van der Waals surface area contributed by atoms with Gasteiger partial charge in [0, 0.05) is 17.0 Å². The van der Waals surface area contributed by atoms with Gasteiger partial charge in [-0.3, -0.25) is 0 Å². The summed E-state index contributed by atoms with van der Waals surface area (Å²) in [4.78, 5) is 11.9. The van der Waals surface area contributed by atoms with Crippen LogP contribution >= 0.6 is 11.8 Å². The Labute approximate surface area is 88.9 Å². The van der Waals surface area contributed by atoms with Crippen LogP contribution < -0.4 is 5.73 Å². The van der Waals surface area contributed by atoms with Crippen molar-refractivity contribution < 1.29 is 4.79 Å². The topological polar surface area (TPSA) is 43.1 Å². The van der Waals surface area contributed by atoms with Crippen molar-refractivity contribution in [2.75, 3.05) is 12.0 Å². The van der Waals surface area contributed by atoms with Gasteiger partial charge in [0.05, 0.1) is 0 Å². The van der Waals surface area contributed by atoms with Crippen LogP contribution in [0.25, 0.3) is 0 Å². The Hall–Kier alpha value is -0.960. The van der Waals surface area contributed by atoms with Gasteiger partial charge >= 0.3 is 0 Å². The van der Waals surface area contributed by atoms with Crippen molar-refractivity contribution in [3.63, 3.8) is 0 Å². The van der Waals surface area contributed by atoms with Gasteiger partial charge in [0.15, 0.2) is 0 Å². The minimum Gasteiger partial charge on any atom is -0.398 e. The zero-order chi connectivity index (χ0) is 10.6. The molecule has 0 saturated heterocycles. The van der Waals surface area contributed by atoms with Gasteiger partial charge in [0.2, 0.25) is 0 Å².